The maximum Gasteiger partial charge on any atom is 0.251 e. The van der Waals surface area contributed by atoms with E-state index in [0.717, 1.165) is 10.8 Å². The first-order chi connectivity index (χ1) is 15.8. The van der Waals surface area contributed by atoms with Crippen molar-refractivity contribution in [2.75, 3.05) is 32.7 Å². The quantitative estimate of drug-likeness (QED) is 0.581. The fourth-order valence-corrected chi connectivity index (χ4v) is 5.38. The molecule has 1 saturated heterocycles. The zero-order valence-corrected chi connectivity index (χ0v) is 19.5. The summed E-state index contributed by atoms with van der Waals surface area (Å²) in [4.78, 5) is 26.5. The Bertz CT molecular complexity index is 1270. The standard InChI is InChI=1S/C24H24ClN3O4S/c25-21-8-5-19(6-9-21)24(30)26-12-11-23(29)27-13-15-28(16-14-27)33(31,32)22-10-7-18-3-1-2-4-20(18)17-22/h1-10,17H,11-16H2,(H,26,30). The van der Waals surface area contributed by atoms with Crippen LogP contribution in [0.3, 0.4) is 0 Å². The Balaban J connectivity index is 1.29. The van der Waals surface area contributed by atoms with Crippen LogP contribution >= 0.6 is 11.6 Å². The number of benzene rings is 3. The minimum Gasteiger partial charge on any atom is -0.352 e. The van der Waals surface area contributed by atoms with Crippen molar-refractivity contribution in [3.8, 4) is 0 Å². The number of halogens is 1. The average molecular weight is 486 g/mol. The third-order valence-corrected chi connectivity index (χ3v) is 7.83. The predicted molar refractivity (Wildman–Crippen MR) is 128 cm³/mol. The Hall–Kier alpha value is -2.94. The van der Waals surface area contributed by atoms with Crippen LogP contribution in [0.25, 0.3) is 10.8 Å². The second kappa shape index (κ2) is 9.91. The molecular weight excluding hydrogens is 462 g/mol. The van der Waals surface area contributed by atoms with E-state index in [1.54, 1.807) is 47.4 Å². The Morgan fingerprint density at radius 3 is 2.24 bits per heavy atom. The van der Waals surface area contributed by atoms with Crippen molar-refractivity contribution in [1.82, 2.24) is 14.5 Å². The Morgan fingerprint density at radius 2 is 1.55 bits per heavy atom. The lowest BCUT2D eigenvalue weighted by Gasteiger charge is -2.34. The highest BCUT2D eigenvalue weighted by molar-refractivity contribution is 7.89. The molecule has 0 atom stereocenters. The number of sulfonamides is 1. The van der Waals surface area contributed by atoms with E-state index in [4.69, 9.17) is 11.6 Å². The number of fused-ring (bicyclic) bond motifs is 1. The summed E-state index contributed by atoms with van der Waals surface area (Å²) < 4.78 is 27.6. The van der Waals surface area contributed by atoms with Crippen LogP contribution in [0.5, 0.6) is 0 Å². The maximum absolute atomic E-state index is 13.1. The number of amides is 2. The number of carbonyl (C=O) groups is 2. The lowest BCUT2D eigenvalue weighted by molar-refractivity contribution is -0.132. The Labute approximate surface area is 198 Å². The van der Waals surface area contributed by atoms with E-state index in [1.807, 2.05) is 24.3 Å². The molecule has 1 N–H and O–H groups in total. The van der Waals surface area contributed by atoms with E-state index in [0.29, 0.717) is 23.7 Å². The van der Waals surface area contributed by atoms with Crippen molar-refractivity contribution in [2.45, 2.75) is 11.3 Å². The van der Waals surface area contributed by atoms with Gasteiger partial charge in [0.05, 0.1) is 4.90 Å². The van der Waals surface area contributed by atoms with E-state index in [9.17, 15) is 18.0 Å². The molecule has 0 unspecified atom stereocenters. The number of nitrogens with one attached hydrogen (secondary N) is 1. The van der Waals surface area contributed by atoms with Gasteiger partial charge in [-0.2, -0.15) is 4.31 Å². The zero-order valence-electron chi connectivity index (χ0n) is 17.9. The molecule has 7 nitrogen and oxygen atoms in total. The van der Waals surface area contributed by atoms with Gasteiger partial charge in [0.25, 0.3) is 5.91 Å². The highest BCUT2D eigenvalue weighted by atomic mass is 35.5. The minimum absolute atomic E-state index is 0.117. The van der Waals surface area contributed by atoms with Gasteiger partial charge in [-0.3, -0.25) is 9.59 Å². The van der Waals surface area contributed by atoms with Crippen molar-refractivity contribution in [3.63, 3.8) is 0 Å². The molecular formula is C24H24ClN3O4S. The summed E-state index contributed by atoms with van der Waals surface area (Å²) in [5.41, 5.74) is 0.472. The molecule has 1 fully saturated rings. The summed E-state index contributed by atoms with van der Waals surface area (Å²) in [7, 11) is -3.64. The van der Waals surface area contributed by atoms with Crippen molar-refractivity contribution >= 4 is 44.2 Å². The largest absolute Gasteiger partial charge is 0.352 e. The fourth-order valence-electron chi connectivity index (χ4n) is 3.80. The molecule has 4 rings (SSSR count). The van der Waals surface area contributed by atoms with Gasteiger partial charge in [0.15, 0.2) is 0 Å². The molecule has 3 aromatic rings. The molecule has 33 heavy (non-hydrogen) atoms. The van der Waals surface area contributed by atoms with Crippen LogP contribution in [0.2, 0.25) is 5.02 Å². The molecule has 3 aromatic carbocycles. The number of hydrogen-bond acceptors (Lipinski definition) is 4. The highest BCUT2D eigenvalue weighted by Gasteiger charge is 2.30. The lowest BCUT2D eigenvalue weighted by Crippen LogP contribution is -2.50. The normalized spacial score (nSPS) is 14.9. The van der Waals surface area contributed by atoms with Gasteiger partial charge in [-0.15, -0.1) is 0 Å². The minimum atomic E-state index is -3.64. The van der Waals surface area contributed by atoms with Gasteiger partial charge in [-0.05, 0) is 47.2 Å². The SMILES string of the molecule is O=C(NCCC(=O)N1CCN(S(=O)(=O)c2ccc3ccccc3c2)CC1)c1ccc(Cl)cc1. The molecule has 0 bridgehead atoms. The van der Waals surface area contributed by atoms with Gasteiger partial charge in [-0.1, -0.05) is 41.9 Å². The Kier molecular flexibility index (Phi) is 6.97. The van der Waals surface area contributed by atoms with Crippen molar-refractivity contribution < 1.29 is 18.0 Å². The van der Waals surface area contributed by atoms with E-state index >= 15 is 0 Å². The molecule has 0 radical (unpaired) electrons. The first-order valence-electron chi connectivity index (χ1n) is 10.6. The highest BCUT2D eigenvalue weighted by Crippen LogP contribution is 2.23. The monoisotopic (exact) mass is 485 g/mol. The van der Waals surface area contributed by atoms with Crippen molar-refractivity contribution in [3.05, 3.63) is 77.3 Å². The summed E-state index contributed by atoms with van der Waals surface area (Å²) in [5.74, 6) is -0.389. The molecule has 0 aromatic heterocycles. The smallest absolute Gasteiger partial charge is 0.251 e. The summed E-state index contributed by atoms with van der Waals surface area (Å²) in [6.07, 6.45) is 0.150. The van der Waals surface area contributed by atoms with Gasteiger partial charge < -0.3 is 10.2 Å². The van der Waals surface area contributed by atoms with Crippen molar-refractivity contribution in [2.24, 2.45) is 0 Å². The molecule has 172 valence electrons. The van der Waals surface area contributed by atoms with Crippen molar-refractivity contribution in [1.29, 1.82) is 0 Å². The topological polar surface area (TPSA) is 86.8 Å². The second-order valence-electron chi connectivity index (χ2n) is 7.81. The number of rotatable bonds is 6. The van der Waals surface area contributed by atoms with E-state index in [1.165, 1.54) is 4.31 Å². The van der Waals surface area contributed by atoms with E-state index in [2.05, 4.69) is 5.32 Å². The van der Waals surface area contributed by atoms with E-state index in [-0.39, 0.29) is 42.8 Å². The second-order valence-corrected chi connectivity index (χ2v) is 10.2. The first-order valence-corrected chi connectivity index (χ1v) is 12.5. The fraction of sp³-hybridized carbons (Fsp3) is 0.250. The van der Waals surface area contributed by atoms with Gasteiger partial charge in [-0.25, -0.2) is 8.42 Å². The van der Waals surface area contributed by atoms with Crippen LogP contribution in [-0.4, -0.2) is 62.2 Å². The van der Waals surface area contributed by atoms with Gasteiger partial charge in [0.2, 0.25) is 15.9 Å². The predicted octanol–water partition coefficient (Wildman–Crippen LogP) is 3.15. The zero-order chi connectivity index (χ0) is 23.4. The van der Waals surface area contributed by atoms with Gasteiger partial charge in [0, 0.05) is 49.7 Å². The van der Waals surface area contributed by atoms with Crippen LogP contribution in [0.15, 0.2) is 71.6 Å². The molecule has 1 heterocycles. The molecule has 0 saturated carbocycles. The molecule has 9 heteroatoms. The molecule has 2 amide bonds. The molecule has 0 spiro atoms. The Morgan fingerprint density at radius 1 is 0.879 bits per heavy atom. The summed E-state index contributed by atoms with van der Waals surface area (Å²) in [6, 6.07) is 19.2. The van der Waals surface area contributed by atoms with Crippen LogP contribution in [-0.2, 0) is 14.8 Å². The van der Waals surface area contributed by atoms with Gasteiger partial charge >= 0.3 is 0 Å². The van der Waals surface area contributed by atoms with E-state index < -0.39 is 10.0 Å². The molecule has 1 aliphatic heterocycles. The summed E-state index contributed by atoms with van der Waals surface area (Å²) >= 11 is 5.82. The van der Waals surface area contributed by atoms with Gasteiger partial charge in [0.1, 0.15) is 0 Å². The van der Waals surface area contributed by atoms with Crippen LogP contribution < -0.4 is 5.32 Å². The maximum atomic E-state index is 13.1. The molecule has 1 aliphatic rings. The summed E-state index contributed by atoms with van der Waals surface area (Å²) in [5, 5.41) is 5.12. The van der Waals surface area contributed by atoms with Crippen LogP contribution in [0.1, 0.15) is 16.8 Å². The third kappa shape index (κ3) is 5.35. The first kappa shape index (κ1) is 23.2. The average Bonchev–Trinajstić information content (AvgIpc) is 2.84. The number of nitrogens with zero attached hydrogens (tertiary/aromatic N) is 2. The van der Waals surface area contributed by atoms with Crippen LogP contribution in [0, 0.1) is 0 Å². The summed E-state index contributed by atoms with van der Waals surface area (Å²) in [6.45, 7) is 1.31. The third-order valence-electron chi connectivity index (χ3n) is 5.68. The number of piperazine rings is 1. The van der Waals surface area contributed by atoms with Crippen LogP contribution in [0.4, 0.5) is 0 Å². The lowest BCUT2D eigenvalue weighted by atomic mass is 10.1. The number of hydrogen-bond donors (Lipinski definition) is 1. The number of carbonyl (C=O) groups excluding carboxylic acids is 2. The molecule has 0 aliphatic carbocycles.